The quantitative estimate of drug-likeness (QED) is 0.516. The lowest BCUT2D eigenvalue weighted by Crippen LogP contribution is -2.37. The van der Waals surface area contributed by atoms with Crippen LogP contribution in [0, 0.1) is 0 Å². The van der Waals surface area contributed by atoms with E-state index in [0.29, 0.717) is 0 Å². The van der Waals surface area contributed by atoms with Crippen LogP contribution in [0.1, 0.15) is 45.1 Å². The first kappa shape index (κ1) is 15.5. The van der Waals surface area contributed by atoms with Crippen LogP contribution in [0.2, 0.25) is 0 Å². The summed E-state index contributed by atoms with van der Waals surface area (Å²) >= 11 is 0. The molecule has 2 nitrogen and oxygen atoms in total. The first-order valence-corrected chi connectivity index (χ1v) is 7.05. The van der Waals surface area contributed by atoms with E-state index >= 15 is 0 Å². The van der Waals surface area contributed by atoms with Gasteiger partial charge in [0.05, 0.1) is 5.41 Å². The van der Waals surface area contributed by atoms with E-state index in [2.05, 4.69) is 20.4 Å². The van der Waals surface area contributed by atoms with E-state index in [-0.39, 0.29) is 12.6 Å². The summed E-state index contributed by atoms with van der Waals surface area (Å²) in [5.41, 5.74) is 0.557. The molecule has 0 aliphatic carbocycles. The molecule has 0 radical (unpaired) electrons. The average molecular weight is 260 g/mol. The zero-order valence-electron chi connectivity index (χ0n) is 12.0. The average Bonchev–Trinajstić information content (AvgIpc) is 2.45. The van der Waals surface area contributed by atoms with Crippen molar-refractivity contribution in [2.75, 3.05) is 6.61 Å². The third-order valence-electron chi connectivity index (χ3n) is 3.40. The van der Waals surface area contributed by atoms with Crippen molar-refractivity contribution in [1.29, 1.82) is 0 Å². The van der Waals surface area contributed by atoms with Crippen molar-refractivity contribution in [3.05, 3.63) is 48.6 Å². The van der Waals surface area contributed by atoms with Gasteiger partial charge in [0.15, 0.2) is 0 Å². The lowest BCUT2D eigenvalue weighted by atomic mass is 9.73. The lowest BCUT2D eigenvalue weighted by Gasteiger charge is -2.31. The van der Waals surface area contributed by atoms with Gasteiger partial charge in [0, 0.05) is 0 Å². The number of esters is 1. The summed E-state index contributed by atoms with van der Waals surface area (Å²) in [4.78, 5) is 12.5. The Labute approximate surface area is 116 Å². The van der Waals surface area contributed by atoms with Gasteiger partial charge in [-0.3, -0.25) is 4.79 Å². The van der Waals surface area contributed by atoms with Gasteiger partial charge in [0.1, 0.15) is 6.61 Å². The predicted molar refractivity (Wildman–Crippen MR) is 79.1 cm³/mol. The number of carbonyl (C=O) groups is 1. The van der Waals surface area contributed by atoms with Gasteiger partial charge in [-0.15, -0.1) is 0 Å². The van der Waals surface area contributed by atoms with Crippen LogP contribution in [0.3, 0.4) is 0 Å². The van der Waals surface area contributed by atoms with Gasteiger partial charge in [-0.2, -0.15) is 0 Å². The zero-order chi connectivity index (χ0) is 14.1. The molecule has 0 heterocycles. The fourth-order valence-electron chi connectivity index (χ4n) is 2.62. The van der Waals surface area contributed by atoms with E-state index in [1.807, 2.05) is 30.3 Å². The second-order valence-corrected chi connectivity index (χ2v) is 4.84. The summed E-state index contributed by atoms with van der Waals surface area (Å²) in [5.74, 6) is -0.123. The molecule has 2 heteroatoms. The summed E-state index contributed by atoms with van der Waals surface area (Å²) in [7, 11) is 0. The Morgan fingerprint density at radius 3 is 2.26 bits per heavy atom. The molecule has 19 heavy (non-hydrogen) atoms. The van der Waals surface area contributed by atoms with Crippen LogP contribution in [0.4, 0.5) is 0 Å². The van der Waals surface area contributed by atoms with Crippen molar-refractivity contribution < 1.29 is 9.53 Å². The fraction of sp³-hybridized carbons (Fsp3) is 0.471. The fourth-order valence-corrected chi connectivity index (χ4v) is 2.62. The second-order valence-electron chi connectivity index (χ2n) is 4.84. The molecule has 1 aromatic rings. The number of ether oxygens (including phenoxy) is 1. The van der Waals surface area contributed by atoms with Crippen molar-refractivity contribution in [1.82, 2.24) is 0 Å². The molecule has 0 saturated heterocycles. The van der Waals surface area contributed by atoms with Crippen LogP contribution in [-0.2, 0) is 14.9 Å². The molecule has 0 atom stereocenters. The standard InChI is InChI=1S/C17H24O2/c1-4-12-17(13-5-2,16(18)19-14-6-3)15-10-8-7-9-11-15/h6-11H,3-5,12-14H2,1-2H3. The van der Waals surface area contributed by atoms with Gasteiger partial charge in [0.2, 0.25) is 0 Å². The largest absolute Gasteiger partial charge is 0.461 e. The van der Waals surface area contributed by atoms with Crippen LogP contribution >= 0.6 is 0 Å². The SMILES string of the molecule is C=CCOC(=O)C(CCC)(CCC)c1ccccc1. The molecule has 0 aliphatic heterocycles. The normalized spacial score (nSPS) is 11.1. The number of rotatable bonds is 8. The molecule has 0 unspecified atom stereocenters. The molecule has 0 fully saturated rings. The van der Waals surface area contributed by atoms with Gasteiger partial charge in [-0.25, -0.2) is 0 Å². The molecule has 0 spiro atoms. The van der Waals surface area contributed by atoms with E-state index in [1.54, 1.807) is 6.08 Å². The number of carbonyl (C=O) groups excluding carboxylic acids is 1. The zero-order valence-corrected chi connectivity index (χ0v) is 12.0. The molecular weight excluding hydrogens is 236 g/mol. The highest BCUT2D eigenvalue weighted by Gasteiger charge is 2.39. The van der Waals surface area contributed by atoms with Crippen LogP contribution < -0.4 is 0 Å². The van der Waals surface area contributed by atoms with Crippen molar-refractivity contribution in [3.63, 3.8) is 0 Å². The van der Waals surface area contributed by atoms with Crippen LogP contribution in [0.5, 0.6) is 0 Å². The number of hydrogen-bond donors (Lipinski definition) is 0. The highest BCUT2D eigenvalue weighted by molar-refractivity contribution is 5.83. The third-order valence-corrected chi connectivity index (χ3v) is 3.40. The first-order valence-electron chi connectivity index (χ1n) is 7.05. The van der Waals surface area contributed by atoms with Gasteiger partial charge in [-0.1, -0.05) is 69.7 Å². The topological polar surface area (TPSA) is 26.3 Å². The highest BCUT2D eigenvalue weighted by atomic mass is 16.5. The van der Waals surface area contributed by atoms with Gasteiger partial charge >= 0.3 is 5.97 Å². The number of benzene rings is 1. The van der Waals surface area contributed by atoms with E-state index in [1.165, 1.54) is 0 Å². The highest BCUT2D eigenvalue weighted by Crippen LogP contribution is 2.35. The summed E-state index contributed by atoms with van der Waals surface area (Å²) < 4.78 is 5.36. The summed E-state index contributed by atoms with van der Waals surface area (Å²) in [5, 5.41) is 0. The van der Waals surface area contributed by atoms with E-state index in [4.69, 9.17) is 4.74 Å². The molecule has 0 aliphatic rings. The molecule has 0 amide bonds. The van der Waals surface area contributed by atoms with Crippen molar-refractivity contribution in [3.8, 4) is 0 Å². The summed E-state index contributed by atoms with van der Waals surface area (Å²) in [6.07, 6.45) is 5.17. The predicted octanol–water partition coefficient (Wildman–Crippen LogP) is 4.25. The Morgan fingerprint density at radius 1 is 1.21 bits per heavy atom. The van der Waals surface area contributed by atoms with Crippen LogP contribution in [0.15, 0.2) is 43.0 Å². The molecular formula is C17H24O2. The first-order chi connectivity index (χ1) is 9.21. The minimum atomic E-state index is -0.506. The number of hydrogen-bond acceptors (Lipinski definition) is 2. The van der Waals surface area contributed by atoms with Crippen molar-refractivity contribution in [2.24, 2.45) is 0 Å². The van der Waals surface area contributed by atoms with Gasteiger partial charge < -0.3 is 4.74 Å². The van der Waals surface area contributed by atoms with E-state index < -0.39 is 5.41 Å². The molecule has 0 bridgehead atoms. The molecule has 0 aromatic heterocycles. The summed E-state index contributed by atoms with van der Waals surface area (Å²) in [6.45, 7) is 8.09. The van der Waals surface area contributed by atoms with Crippen LogP contribution in [0.25, 0.3) is 0 Å². The molecule has 1 rings (SSSR count). The smallest absolute Gasteiger partial charge is 0.316 e. The molecule has 1 aromatic carbocycles. The lowest BCUT2D eigenvalue weighted by molar-refractivity contribution is -0.150. The minimum absolute atomic E-state index is 0.123. The van der Waals surface area contributed by atoms with E-state index in [0.717, 1.165) is 31.2 Å². The van der Waals surface area contributed by atoms with Crippen molar-refractivity contribution >= 4 is 5.97 Å². The second kappa shape index (κ2) is 7.78. The summed E-state index contributed by atoms with van der Waals surface area (Å²) in [6, 6.07) is 9.99. The molecule has 0 N–H and O–H groups in total. The monoisotopic (exact) mass is 260 g/mol. The van der Waals surface area contributed by atoms with Crippen LogP contribution in [-0.4, -0.2) is 12.6 Å². The van der Waals surface area contributed by atoms with Crippen molar-refractivity contribution in [2.45, 2.75) is 44.9 Å². The van der Waals surface area contributed by atoms with Gasteiger partial charge in [0.25, 0.3) is 0 Å². The molecule has 0 saturated carbocycles. The maximum atomic E-state index is 12.5. The maximum absolute atomic E-state index is 12.5. The Morgan fingerprint density at radius 2 is 1.79 bits per heavy atom. The van der Waals surface area contributed by atoms with E-state index in [9.17, 15) is 4.79 Å². The van der Waals surface area contributed by atoms with Gasteiger partial charge in [-0.05, 0) is 18.4 Å². The maximum Gasteiger partial charge on any atom is 0.316 e. The molecule has 104 valence electrons. The Kier molecular flexibility index (Phi) is 6.34. The third kappa shape index (κ3) is 3.69. The minimum Gasteiger partial charge on any atom is -0.461 e. The Bertz CT molecular complexity index is 389. The Hall–Kier alpha value is -1.57. The Balaban J connectivity index is 3.13.